The summed E-state index contributed by atoms with van der Waals surface area (Å²) in [5.74, 6) is 1.27. The highest BCUT2D eigenvalue weighted by Crippen LogP contribution is 2.22. The lowest BCUT2D eigenvalue weighted by Gasteiger charge is -2.04. The van der Waals surface area contributed by atoms with Gasteiger partial charge < -0.3 is 10.5 Å². The first-order valence-electron chi connectivity index (χ1n) is 4.39. The van der Waals surface area contributed by atoms with Crippen LogP contribution >= 0.6 is 15.9 Å². The summed E-state index contributed by atoms with van der Waals surface area (Å²) >= 11 is 3.37. The van der Waals surface area contributed by atoms with Crippen LogP contribution in [0.3, 0.4) is 0 Å². The van der Waals surface area contributed by atoms with Gasteiger partial charge in [0.1, 0.15) is 5.75 Å². The van der Waals surface area contributed by atoms with Gasteiger partial charge in [0.25, 0.3) is 0 Å². The first kappa shape index (κ1) is 9.98. The number of nitrogen functional groups attached to an aromatic ring is 1. The van der Waals surface area contributed by atoms with E-state index in [0.29, 0.717) is 11.6 Å². The number of halogens is 1. The molecule has 2 aromatic rings. The Kier molecular flexibility index (Phi) is 2.87. The largest absolute Gasteiger partial charge is 0.439 e. The third-order valence-corrected chi connectivity index (χ3v) is 2.27. The van der Waals surface area contributed by atoms with Gasteiger partial charge in [-0.2, -0.15) is 0 Å². The van der Waals surface area contributed by atoms with Gasteiger partial charge in [0.05, 0.1) is 11.9 Å². The van der Waals surface area contributed by atoms with Crippen LogP contribution in [0, 0.1) is 0 Å². The highest BCUT2D eigenvalue weighted by atomic mass is 79.9. The van der Waals surface area contributed by atoms with E-state index in [9.17, 15) is 0 Å². The molecule has 0 amide bonds. The first-order valence-corrected chi connectivity index (χ1v) is 5.18. The third kappa shape index (κ3) is 2.70. The van der Waals surface area contributed by atoms with Crippen molar-refractivity contribution >= 4 is 21.6 Å². The summed E-state index contributed by atoms with van der Waals surface area (Å²) in [6, 6.07) is 11.1. The van der Waals surface area contributed by atoms with E-state index in [1.54, 1.807) is 18.3 Å². The topological polar surface area (TPSA) is 48.1 Å². The highest BCUT2D eigenvalue weighted by Gasteiger charge is 1.98. The number of anilines is 1. The average Bonchev–Trinajstić information content (AvgIpc) is 2.22. The Morgan fingerprint density at radius 1 is 1.20 bits per heavy atom. The van der Waals surface area contributed by atoms with Crippen molar-refractivity contribution < 1.29 is 4.74 Å². The number of nitrogens with zero attached hydrogens (tertiary/aromatic N) is 1. The van der Waals surface area contributed by atoms with Crippen molar-refractivity contribution in [3.05, 3.63) is 47.1 Å². The minimum atomic E-state index is 0.530. The molecule has 0 fully saturated rings. The number of ether oxygens (including phenoxy) is 1. The predicted octanol–water partition coefficient (Wildman–Crippen LogP) is 3.22. The van der Waals surface area contributed by atoms with Crippen molar-refractivity contribution in [2.45, 2.75) is 0 Å². The average molecular weight is 265 g/mol. The molecule has 15 heavy (non-hydrogen) atoms. The normalized spacial score (nSPS) is 9.93. The Morgan fingerprint density at radius 3 is 2.73 bits per heavy atom. The fourth-order valence-corrected chi connectivity index (χ4v) is 1.48. The quantitative estimate of drug-likeness (QED) is 0.906. The number of hydrogen-bond donors (Lipinski definition) is 1. The summed E-state index contributed by atoms with van der Waals surface area (Å²) in [6.45, 7) is 0. The summed E-state index contributed by atoms with van der Waals surface area (Å²) in [4.78, 5) is 4.04. The van der Waals surface area contributed by atoms with Crippen molar-refractivity contribution in [2.75, 3.05) is 5.73 Å². The van der Waals surface area contributed by atoms with Gasteiger partial charge in [0.2, 0.25) is 5.88 Å². The number of rotatable bonds is 2. The minimum absolute atomic E-state index is 0.530. The number of hydrogen-bond acceptors (Lipinski definition) is 3. The third-order valence-electron chi connectivity index (χ3n) is 1.78. The van der Waals surface area contributed by atoms with Gasteiger partial charge in [0, 0.05) is 10.5 Å². The van der Waals surface area contributed by atoms with E-state index < -0.39 is 0 Å². The molecule has 4 heteroatoms. The Labute approximate surface area is 96.0 Å². The molecule has 0 atom stereocenters. The molecule has 0 aliphatic rings. The number of nitrogens with two attached hydrogens (primary N) is 1. The molecule has 0 bridgehead atoms. The summed E-state index contributed by atoms with van der Waals surface area (Å²) < 4.78 is 6.49. The molecule has 0 unspecified atom stereocenters. The van der Waals surface area contributed by atoms with Crippen LogP contribution in [0.5, 0.6) is 11.6 Å². The molecular formula is C11H9BrN2O. The summed E-state index contributed by atoms with van der Waals surface area (Å²) in [7, 11) is 0. The number of aromatic nitrogens is 1. The monoisotopic (exact) mass is 264 g/mol. The Balaban J connectivity index is 2.18. The van der Waals surface area contributed by atoms with E-state index in [1.165, 1.54) is 0 Å². The zero-order chi connectivity index (χ0) is 10.7. The molecule has 2 rings (SSSR count). The highest BCUT2D eigenvalue weighted by molar-refractivity contribution is 9.10. The molecule has 1 aromatic carbocycles. The minimum Gasteiger partial charge on any atom is -0.439 e. The van der Waals surface area contributed by atoms with Crippen LogP contribution in [0.15, 0.2) is 47.1 Å². The van der Waals surface area contributed by atoms with Crippen molar-refractivity contribution in [1.29, 1.82) is 0 Å². The van der Waals surface area contributed by atoms with Crippen LogP contribution in [0.4, 0.5) is 5.69 Å². The first-order chi connectivity index (χ1) is 7.24. The molecule has 0 spiro atoms. The maximum absolute atomic E-state index is 5.52. The maximum atomic E-state index is 5.52. The second-order valence-electron chi connectivity index (χ2n) is 2.99. The van der Waals surface area contributed by atoms with E-state index in [1.807, 2.05) is 24.3 Å². The zero-order valence-corrected chi connectivity index (χ0v) is 9.44. The number of pyridine rings is 1. The van der Waals surface area contributed by atoms with Crippen molar-refractivity contribution in [3.8, 4) is 11.6 Å². The Morgan fingerprint density at radius 2 is 2.07 bits per heavy atom. The lowest BCUT2D eigenvalue weighted by Crippen LogP contribution is -1.90. The van der Waals surface area contributed by atoms with Crippen LogP contribution < -0.4 is 10.5 Å². The van der Waals surface area contributed by atoms with Gasteiger partial charge in [-0.3, -0.25) is 0 Å². The van der Waals surface area contributed by atoms with E-state index >= 15 is 0 Å². The fourth-order valence-electron chi connectivity index (χ4n) is 1.10. The van der Waals surface area contributed by atoms with Gasteiger partial charge >= 0.3 is 0 Å². The van der Waals surface area contributed by atoms with Crippen molar-refractivity contribution in [3.63, 3.8) is 0 Å². The summed E-state index contributed by atoms with van der Waals surface area (Å²) in [6.07, 6.45) is 1.56. The second kappa shape index (κ2) is 4.31. The molecule has 0 aliphatic heterocycles. The SMILES string of the molecule is Nc1ccc(Oc2cccc(Br)c2)nc1. The van der Waals surface area contributed by atoms with Crippen LogP contribution in [0.2, 0.25) is 0 Å². The van der Waals surface area contributed by atoms with E-state index in [0.717, 1.165) is 10.2 Å². The van der Waals surface area contributed by atoms with Gasteiger partial charge in [-0.05, 0) is 24.3 Å². The van der Waals surface area contributed by atoms with Crippen LogP contribution in [-0.4, -0.2) is 4.98 Å². The fraction of sp³-hybridized carbons (Fsp3) is 0. The molecule has 0 aliphatic carbocycles. The van der Waals surface area contributed by atoms with Crippen LogP contribution in [-0.2, 0) is 0 Å². The molecule has 2 N–H and O–H groups in total. The Hall–Kier alpha value is -1.55. The lowest BCUT2D eigenvalue weighted by molar-refractivity contribution is 0.463. The maximum Gasteiger partial charge on any atom is 0.219 e. The van der Waals surface area contributed by atoms with Gasteiger partial charge in [-0.1, -0.05) is 22.0 Å². The molecule has 76 valence electrons. The van der Waals surface area contributed by atoms with Crippen LogP contribution in [0.1, 0.15) is 0 Å². The van der Waals surface area contributed by atoms with Crippen LogP contribution in [0.25, 0.3) is 0 Å². The standard InChI is InChI=1S/C11H9BrN2O/c12-8-2-1-3-10(6-8)15-11-5-4-9(13)7-14-11/h1-7H,13H2. The van der Waals surface area contributed by atoms with Crippen molar-refractivity contribution in [2.24, 2.45) is 0 Å². The lowest BCUT2D eigenvalue weighted by atomic mass is 10.3. The molecule has 0 saturated heterocycles. The molecule has 3 nitrogen and oxygen atoms in total. The van der Waals surface area contributed by atoms with Gasteiger partial charge in [0.15, 0.2) is 0 Å². The summed E-state index contributed by atoms with van der Waals surface area (Å²) in [5, 5.41) is 0. The Bertz CT molecular complexity index is 456. The predicted molar refractivity (Wildman–Crippen MR) is 62.9 cm³/mol. The molecule has 0 saturated carbocycles. The smallest absolute Gasteiger partial charge is 0.219 e. The van der Waals surface area contributed by atoms with Crippen molar-refractivity contribution in [1.82, 2.24) is 4.98 Å². The molecule has 0 radical (unpaired) electrons. The van der Waals surface area contributed by atoms with E-state index in [4.69, 9.17) is 10.5 Å². The number of benzene rings is 1. The summed E-state index contributed by atoms with van der Waals surface area (Å²) in [5.41, 5.74) is 6.14. The molecule has 1 heterocycles. The molecule has 1 aromatic heterocycles. The van der Waals surface area contributed by atoms with E-state index in [-0.39, 0.29) is 0 Å². The van der Waals surface area contributed by atoms with E-state index in [2.05, 4.69) is 20.9 Å². The van der Waals surface area contributed by atoms with Gasteiger partial charge in [-0.15, -0.1) is 0 Å². The molecular weight excluding hydrogens is 256 g/mol. The second-order valence-corrected chi connectivity index (χ2v) is 3.90. The zero-order valence-electron chi connectivity index (χ0n) is 7.85. The van der Waals surface area contributed by atoms with Gasteiger partial charge in [-0.25, -0.2) is 4.98 Å².